The van der Waals surface area contributed by atoms with Crippen molar-refractivity contribution >= 4 is 11.6 Å². The maximum atomic E-state index is 5.86. The molecule has 0 N–H and O–H groups in total. The SMILES string of the molecule is ClCC1COC2(CCCCCC2)O1. The van der Waals surface area contributed by atoms with Gasteiger partial charge in [0, 0.05) is 12.8 Å². The molecule has 1 aliphatic carbocycles. The first-order valence-electron chi connectivity index (χ1n) is 5.22. The van der Waals surface area contributed by atoms with Gasteiger partial charge in [0.1, 0.15) is 0 Å². The van der Waals surface area contributed by atoms with Crippen LogP contribution < -0.4 is 0 Å². The molecule has 1 atom stereocenters. The Balaban J connectivity index is 1.95. The summed E-state index contributed by atoms with van der Waals surface area (Å²) in [5, 5.41) is 0. The fraction of sp³-hybridized carbons (Fsp3) is 1.00. The van der Waals surface area contributed by atoms with Crippen LogP contribution in [0.4, 0.5) is 0 Å². The molecule has 0 bridgehead atoms. The normalized spacial score (nSPS) is 33.5. The van der Waals surface area contributed by atoms with Crippen LogP contribution in [0.1, 0.15) is 38.5 Å². The lowest BCUT2D eigenvalue weighted by Gasteiger charge is -2.26. The van der Waals surface area contributed by atoms with Gasteiger partial charge in [0.15, 0.2) is 5.79 Å². The molecule has 2 rings (SSSR count). The molecule has 0 amide bonds. The second-order valence-corrected chi connectivity index (χ2v) is 4.34. The highest BCUT2D eigenvalue weighted by Crippen LogP contribution is 2.36. The Morgan fingerprint density at radius 2 is 1.85 bits per heavy atom. The first-order chi connectivity index (χ1) is 6.35. The summed E-state index contributed by atoms with van der Waals surface area (Å²) in [5.74, 6) is 0.303. The molecule has 13 heavy (non-hydrogen) atoms. The molecular weight excluding hydrogens is 188 g/mol. The summed E-state index contributed by atoms with van der Waals surface area (Å²) in [5.41, 5.74) is 0. The van der Waals surface area contributed by atoms with Crippen LogP contribution in [-0.2, 0) is 9.47 Å². The van der Waals surface area contributed by atoms with Crippen molar-refractivity contribution in [1.82, 2.24) is 0 Å². The minimum atomic E-state index is -0.254. The van der Waals surface area contributed by atoms with Crippen molar-refractivity contribution in [1.29, 1.82) is 0 Å². The fourth-order valence-electron chi connectivity index (χ4n) is 2.22. The van der Waals surface area contributed by atoms with Crippen molar-refractivity contribution in [3.63, 3.8) is 0 Å². The van der Waals surface area contributed by atoms with E-state index in [0.717, 1.165) is 12.8 Å². The average Bonchev–Trinajstić information content (AvgIpc) is 2.40. The number of halogens is 1. The first kappa shape index (κ1) is 9.75. The lowest BCUT2D eigenvalue weighted by Crippen LogP contribution is -2.30. The molecule has 0 aromatic rings. The predicted octanol–water partition coefficient (Wildman–Crippen LogP) is 2.69. The van der Waals surface area contributed by atoms with Crippen molar-refractivity contribution in [3.05, 3.63) is 0 Å². The number of hydrogen-bond donors (Lipinski definition) is 0. The molecule has 2 nitrogen and oxygen atoms in total. The van der Waals surface area contributed by atoms with Crippen molar-refractivity contribution in [2.45, 2.75) is 50.4 Å². The van der Waals surface area contributed by atoms with Gasteiger partial charge >= 0.3 is 0 Å². The molecule has 1 unspecified atom stereocenters. The average molecular weight is 205 g/mol. The second-order valence-electron chi connectivity index (χ2n) is 4.03. The van der Waals surface area contributed by atoms with Gasteiger partial charge in [-0.3, -0.25) is 0 Å². The van der Waals surface area contributed by atoms with Crippen LogP contribution >= 0.6 is 11.6 Å². The zero-order chi connectivity index (χ0) is 9.15. The first-order valence-corrected chi connectivity index (χ1v) is 5.76. The van der Waals surface area contributed by atoms with Crippen LogP contribution in [0, 0.1) is 0 Å². The van der Waals surface area contributed by atoms with Crippen LogP contribution in [0.25, 0.3) is 0 Å². The quantitative estimate of drug-likeness (QED) is 0.612. The van der Waals surface area contributed by atoms with E-state index in [-0.39, 0.29) is 11.9 Å². The van der Waals surface area contributed by atoms with Gasteiger partial charge in [0.2, 0.25) is 0 Å². The molecule has 1 spiro atoms. The van der Waals surface area contributed by atoms with E-state index in [9.17, 15) is 0 Å². The fourth-order valence-corrected chi connectivity index (χ4v) is 2.37. The topological polar surface area (TPSA) is 18.5 Å². The van der Waals surface area contributed by atoms with E-state index in [1.54, 1.807) is 0 Å². The summed E-state index contributed by atoms with van der Waals surface area (Å²) in [7, 11) is 0. The van der Waals surface area contributed by atoms with Crippen LogP contribution in [0.3, 0.4) is 0 Å². The van der Waals surface area contributed by atoms with E-state index >= 15 is 0 Å². The number of ether oxygens (including phenoxy) is 2. The summed E-state index contributed by atoms with van der Waals surface area (Å²) in [6.45, 7) is 0.684. The highest BCUT2D eigenvalue weighted by atomic mass is 35.5. The standard InChI is InChI=1S/C10H17ClO2/c11-7-9-8-12-10(13-9)5-3-1-2-4-6-10/h9H,1-8H2. The van der Waals surface area contributed by atoms with E-state index in [1.165, 1.54) is 25.7 Å². The molecule has 0 aromatic carbocycles. The highest BCUT2D eigenvalue weighted by molar-refractivity contribution is 6.18. The van der Waals surface area contributed by atoms with Gasteiger partial charge in [0.25, 0.3) is 0 Å². The van der Waals surface area contributed by atoms with Crippen molar-refractivity contribution < 1.29 is 9.47 Å². The Morgan fingerprint density at radius 3 is 2.38 bits per heavy atom. The Hall–Kier alpha value is 0.210. The Morgan fingerprint density at radius 1 is 1.15 bits per heavy atom. The molecule has 76 valence electrons. The highest BCUT2D eigenvalue weighted by Gasteiger charge is 2.40. The molecule has 1 heterocycles. The van der Waals surface area contributed by atoms with Gasteiger partial charge in [-0.15, -0.1) is 11.6 Å². The lowest BCUT2D eigenvalue weighted by atomic mass is 10.1. The van der Waals surface area contributed by atoms with E-state index in [4.69, 9.17) is 21.1 Å². The molecule has 2 fully saturated rings. The van der Waals surface area contributed by atoms with Crippen LogP contribution in [-0.4, -0.2) is 24.4 Å². The Bertz CT molecular complexity index is 164. The van der Waals surface area contributed by atoms with Crippen molar-refractivity contribution in [2.24, 2.45) is 0 Å². The third-order valence-electron chi connectivity index (χ3n) is 2.95. The van der Waals surface area contributed by atoms with Gasteiger partial charge in [-0.05, 0) is 12.8 Å². The largest absolute Gasteiger partial charge is 0.347 e. The van der Waals surface area contributed by atoms with Crippen molar-refractivity contribution in [2.75, 3.05) is 12.5 Å². The van der Waals surface area contributed by atoms with E-state index in [1.807, 2.05) is 0 Å². The summed E-state index contributed by atoms with van der Waals surface area (Å²) in [6, 6.07) is 0. The van der Waals surface area contributed by atoms with Crippen molar-refractivity contribution in [3.8, 4) is 0 Å². The third-order valence-corrected chi connectivity index (χ3v) is 3.30. The van der Waals surface area contributed by atoms with Crippen LogP contribution in [0.2, 0.25) is 0 Å². The Labute approximate surface area is 84.5 Å². The molecule has 1 aliphatic heterocycles. The van der Waals surface area contributed by atoms with E-state index < -0.39 is 0 Å². The maximum Gasteiger partial charge on any atom is 0.168 e. The third kappa shape index (κ3) is 2.17. The molecule has 3 heteroatoms. The molecule has 0 radical (unpaired) electrons. The number of hydrogen-bond acceptors (Lipinski definition) is 2. The molecule has 1 saturated carbocycles. The minimum Gasteiger partial charge on any atom is -0.347 e. The molecular formula is C10H17ClO2. The van der Waals surface area contributed by atoms with Crippen LogP contribution in [0.15, 0.2) is 0 Å². The van der Waals surface area contributed by atoms with Gasteiger partial charge in [-0.25, -0.2) is 0 Å². The Kier molecular flexibility index (Phi) is 3.12. The van der Waals surface area contributed by atoms with Crippen LogP contribution in [0.5, 0.6) is 0 Å². The zero-order valence-corrected chi connectivity index (χ0v) is 8.68. The van der Waals surface area contributed by atoms with E-state index in [0.29, 0.717) is 12.5 Å². The molecule has 0 aromatic heterocycles. The van der Waals surface area contributed by atoms with Gasteiger partial charge < -0.3 is 9.47 Å². The smallest absolute Gasteiger partial charge is 0.168 e. The van der Waals surface area contributed by atoms with E-state index in [2.05, 4.69) is 0 Å². The minimum absolute atomic E-state index is 0.125. The summed E-state index contributed by atoms with van der Waals surface area (Å²) < 4.78 is 11.6. The molecule has 1 saturated heterocycles. The summed E-state index contributed by atoms with van der Waals surface area (Å²) in [6.07, 6.45) is 7.34. The van der Waals surface area contributed by atoms with Gasteiger partial charge in [0.05, 0.1) is 18.6 Å². The zero-order valence-electron chi connectivity index (χ0n) is 7.93. The monoisotopic (exact) mass is 204 g/mol. The lowest BCUT2D eigenvalue weighted by molar-refractivity contribution is -0.173. The number of alkyl halides is 1. The maximum absolute atomic E-state index is 5.86. The van der Waals surface area contributed by atoms with Gasteiger partial charge in [-0.1, -0.05) is 12.8 Å². The van der Waals surface area contributed by atoms with Gasteiger partial charge in [-0.2, -0.15) is 0 Å². The molecule has 2 aliphatic rings. The summed E-state index contributed by atoms with van der Waals surface area (Å²) in [4.78, 5) is 0. The summed E-state index contributed by atoms with van der Waals surface area (Å²) >= 11 is 5.75. The second kappa shape index (κ2) is 4.16. The predicted molar refractivity (Wildman–Crippen MR) is 52.0 cm³/mol. The number of rotatable bonds is 1.